The molecule has 0 saturated heterocycles. The van der Waals surface area contributed by atoms with Gasteiger partial charge in [-0.05, 0) is 0 Å². The molecular weight excluding hydrogens is 303 g/mol. The molecule has 0 aromatic carbocycles. The predicted molar refractivity (Wildman–Crippen MR) is 32.2 cm³/mol. The quantitative estimate of drug-likeness (QED) is 0.678. The molecule has 1 aromatic rings. The van der Waals surface area contributed by atoms with Crippen LogP contribution in [0.25, 0.3) is 0 Å². The smallest absolute Gasteiger partial charge is 0.143 e. The number of rotatable bonds is 0. The molecule has 0 saturated carbocycles. The average molecular weight is 311 g/mol. The van der Waals surface area contributed by atoms with Crippen molar-refractivity contribution in [3.63, 3.8) is 0 Å². The van der Waals surface area contributed by atoms with Gasteiger partial charge in [0.15, 0.2) is 0 Å². The van der Waals surface area contributed by atoms with Crippen molar-refractivity contribution in [2.75, 3.05) is 0 Å². The first-order valence-electron chi connectivity index (χ1n) is 2.74. The van der Waals surface area contributed by atoms with Crippen molar-refractivity contribution < 1.29 is 25.5 Å². The Kier molecular flexibility index (Phi) is 10.8. The van der Waals surface area contributed by atoms with E-state index in [1.165, 1.54) is 12.3 Å². The second-order valence-corrected chi connectivity index (χ2v) is 0.966. The molecule has 56 valence electrons. The third-order valence-electron chi connectivity index (χ3n) is 0.489. The minimum Gasteiger partial charge on any atom is -0.256 e. The summed E-state index contributed by atoms with van der Waals surface area (Å²) in [5.41, 5.74) is 0. The summed E-state index contributed by atoms with van der Waals surface area (Å²) in [6.45, 7) is 4.00. The van der Waals surface area contributed by atoms with Crippen molar-refractivity contribution in [2.45, 2.75) is 13.8 Å². The van der Waals surface area contributed by atoms with Crippen LogP contribution in [0.3, 0.4) is 0 Å². The largest absolute Gasteiger partial charge is 0.256 e. The normalized spacial score (nSPS) is 6.70. The van der Waals surface area contributed by atoms with Gasteiger partial charge in [-0.1, -0.05) is 13.8 Å². The molecular formula is C6H8FN2W-. The fourth-order valence-corrected chi connectivity index (χ4v) is 0.252. The maximum Gasteiger partial charge on any atom is 0.143 e. The molecule has 4 heteroatoms. The first kappa shape index (κ1) is 12.4. The van der Waals surface area contributed by atoms with Crippen LogP contribution < -0.4 is 0 Å². The Morgan fingerprint density at radius 1 is 1.50 bits per heavy atom. The number of aromatic nitrogens is 2. The van der Waals surface area contributed by atoms with E-state index in [9.17, 15) is 4.39 Å². The third kappa shape index (κ3) is 5.83. The van der Waals surface area contributed by atoms with Crippen molar-refractivity contribution in [1.29, 1.82) is 0 Å². The minimum atomic E-state index is -0.664. The fourth-order valence-electron chi connectivity index (χ4n) is 0.252. The molecule has 0 aliphatic rings. The molecule has 0 aliphatic heterocycles. The van der Waals surface area contributed by atoms with Gasteiger partial charge in [0.25, 0.3) is 0 Å². The van der Waals surface area contributed by atoms with Gasteiger partial charge in [-0.2, -0.15) is 11.2 Å². The summed E-state index contributed by atoms with van der Waals surface area (Å²) in [6.07, 6.45) is 1.36. The zero-order valence-corrected chi connectivity index (χ0v) is 8.77. The molecule has 0 atom stereocenters. The summed E-state index contributed by atoms with van der Waals surface area (Å²) >= 11 is 0. The van der Waals surface area contributed by atoms with Gasteiger partial charge < -0.3 is 0 Å². The van der Waals surface area contributed by atoms with Crippen LogP contribution in [-0.4, -0.2) is 10.2 Å². The van der Waals surface area contributed by atoms with E-state index in [1.807, 2.05) is 13.8 Å². The first-order valence-corrected chi connectivity index (χ1v) is 2.74. The summed E-state index contributed by atoms with van der Waals surface area (Å²) < 4.78 is 11.7. The average Bonchev–Trinajstić information content (AvgIpc) is 1.94. The van der Waals surface area contributed by atoms with Crippen LogP contribution in [0.1, 0.15) is 13.8 Å². The van der Waals surface area contributed by atoms with Crippen molar-refractivity contribution >= 4 is 0 Å². The van der Waals surface area contributed by atoms with Crippen molar-refractivity contribution in [1.82, 2.24) is 10.2 Å². The minimum absolute atomic E-state index is 0. The molecule has 0 amide bonds. The number of hydrogen-bond acceptors (Lipinski definition) is 2. The maximum atomic E-state index is 11.7. The van der Waals surface area contributed by atoms with Crippen LogP contribution in [-0.2, 0) is 21.1 Å². The van der Waals surface area contributed by atoms with E-state index < -0.39 is 5.95 Å². The Hall–Kier alpha value is -0.302. The van der Waals surface area contributed by atoms with E-state index >= 15 is 0 Å². The van der Waals surface area contributed by atoms with Gasteiger partial charge in [0, 0.05) is 21.1 Å². The van der Waals surface area contributed by atoms with Crippen molar-refractivity contribution in [3.05, 3.63) is 24.3 Å². The van der Waals surface area contributed by atoms with Crippen LogP contribution in [0.4, 0.5) is 4.39 Å². The monoisotopic (exact) mass is 311 g/mol. The van der Waals surface area contributed by atoms with Crippen molar-refractivity contribution in [2.24, 2.45) is 0 Å². The summed E-state index contributed by atoms with van der Waals surface area (Å²) in [6, 6.07) is 3.55. The van der Waals surface area contributed by atoms with Gasteiger partial charge in [0.05, 0.1) is 0 Å². The zero-order chi connectivity index (χ0) is 7.11. The second-order valence-electron chi connectivity index (χ2n) is 0.966. The number of nitrogens with zero attached hydrogens (tertiary/aromatic N) is 2. The van der Waals surface area contributed by atoms with Gasteiger partial charge >= 0.3 is 0 Å². The predicted octanol–water partition coefficient (Wildman–Crippen LogP) is 1.44. The summed E-state index contributed by atoms with van der Waals surface area (Å²) in [4.78, 5) is 0. The van der Waals surface area contributed by atoms with Crippen LogP contribution in [0.2, 0.25) is 0 Å². The molecule has 1 heterocycles. The van der Waals surface area contributed by atoms with E-state index in [4.69, 9.17) is 0 Å². The molecule has 0 fully saturated rings. The summed E-state index contributed by atoms with van der Waals surface area (Å²) in [5.74, 6) is -0.664. The Bertz CT molecular complexity index is 146. The van der Waals surface area contributed by atoms with E-state index in [0.717, 1.165) is 0 Å². The van der Waals surface area contributed by atoms with Gasteiger partial charge in [-0.3, -0.25) is 5.10 Å². The topological polar surface area (TPSA) is 25.8 Å². The van der Waals surface area contributed by atoms with Gasteiger partial charge in [-0.25, -0.2) is 10.5 Å². The SMILES string of the molecule is CC.Fc1[c-]ccnn1.[W]. The molecule has 0 N–H and O–H groups in total. The van der Waals surface area contributed by atoms with Crippen LogP contribution in [0.5, 0.6) is 0 Å². The van der Waals surface area contributed by atoms with Crippen LogP contribution in [0, 0.1) is 12.0 Å². The Morgan fingerprint density at radius 2 is 2.10 bits per heavy atom. The summed E-state index contributed by atoms with van der Waals surface area (Å²) in [7, 11) is 0. The molecule has 0 bridgehead atoms. The Balaban J connectivity index is 0. The molecule has 1 aromatic heterocycles. The van der Waals surface area contributed by atoms with Crippen LogP contribution in [0.15, 0.2) is 12.3 Å². The van der Waals surface area contributed by atoms with Gasteiger partial charge in [0.2, 0.25) is 0 Å². The fraction of sp³-hybridized carbons (Fsp3) is 0.333. The van der Waals surface area contributed by atoms with Gasteiger partial charge in [-0.15, -0.1) is 6.20 Å². The van der Waals surface area contributed by atoms with Crippen LogP contribution >= 0.6 is 0 Å². The first-order chi connectivity index (χ1) is 4.39. The Labute approximate surface area is 74.1 Å². The zero-order valence-electron chi connectivity index (χ0n) is 5.84. The third-order valence-corrected chi connectivity index (χ3v) is 0.489. The summed E-state index contributed by atoms with van der Waals surface area (Å²) in [5, 5.41) is 6.23. The standard InChI is InChI=1S/C4H2FN2.C2H6.W/c5-4-2-1-3-6-7-4;1-2;/h1,3H;1-2H3;/q-1;;. The van der Waals surface area contributed by atoms with E-state index in [1.54, 1.807) is 0 Å². The molecule has 0 spiro atoms. The molecule has 2 nitrogen and oxygen atoms in total. The molecule has 1 rings (SSSR count). The molecule has 0 radical (unpaired) electrons. The molecule has 10 heavy (non-hydrogen) atoms. The van der Waals surface area contributed by atoms with E-state index in [2.05, 4.69) is 16.3 Å². The molecule has 0 aliphatic carbocycles. The Morgan fingerprint density at radius 3 is 2.30 bits per heavy atom. The van der Waals surface area contributed by atoms with E-state index in [0.29, 0.717) is 0 Å². The number of halogens is 1. The maximum absolute atomic E-state index is 11.7. The van der Waals surface area contributed by atoms with E-state index in [-0.39, 0.29) is 21.1 Å². The van der Waals surface area contributed by atoms with Crippen molar-refractivity contribution in [3.8, 4) is 0 Å². The second kappa shape index (κ2) is 8.70. The molecule has 0 unspecified atom stereocenters. The van der Waals surface area contributed by atoms with Gasteiger partial charge in [0.1, 0.15) is 5.95 Å². The number of hydrogen-bond donors (Lipinski definition) is 0.